The van der Waals surface area contributed by atoms with Crippen LogP contribution in [-0.4, -0.2) is 6.85 Å². The predicted molar refractivity (Wildman–Crippen MR) is 295 cm³/mol. The van der Waals surface area contributed by atoms with Crippen molar-refractivity contribution in [1.82, 2.24) is 0 Å². The van der Waals surface area contributed by atoms with E-state index in [0.717, 1.165) is 55.5 Å². The van der Waals surface area contributed by atoms with Crippen LogP contribution >= 0.6 is 0 Å². The van der Waals surface area contributed by atoms with Crippen LogP contribution in [0.2, 0.25) is 0 Å². The fraction of sp³-hybridized carbons (Fsp3) is 0.323. The van der Waals surface area contributed by atoms with Crippen molar-refractivity contribution < 1.29 is 4.42 Å². The fourth-order valence-corrected chi connectivity index (χ4v) is 12.9. The molecule has 0 fully saturated rings. The van der Waals surface area contributed by atoms with Gasteiger partial charge in [-0.25, -0.2) is 0 Å². The number of benzene rings is 7. The Bertz CT molecular complexity index is 3350. The standard InChI is InChI=1S/C65H67BN2O/c1-11-12-19-42-24-29-55(48(36-42)44-22-17-14-18-23-44)67-57-35-41(2)34-49-47-27-25-45(43-20-15-13-16-21-43)37-56(47)68(46-26-28-51-52(38-46)63(5,6)31-30-62(51,3)4)66(59(49)57)61-60(67)50-39-53-54(40-58(50)69-61)65(9,10)33-32-64(53,7)8/h13-18,20-29,34-40H,11-12,19,30-33H2,1-10H3. The summed E-state index contributed by atoms with van der Waals surface area (Å²) in [6.45, 7) is 23.9. The molecular formula is C65H67BN2O. The zero-order valence-electron chi connectivity index (χ0n) is 42.6. The number of anilines is 5. The summed E-state index contributed by atoms with van der Waals surface area (Å²) in [7, 11) is 0. The molecule has 0 saturated heterocycles. The van der Waals surface area contributed by atoms with Gasteiger partial charge in [0.15, 0.2) is 0 Å². The number of nitrogens with zero attached hydrogens (tertiary/aromatic N) is 2. The van der Waals surface area contributed by atoms with Gasteiger partial charge in [-0.2, -0.15) is 0 Å². The van der Waals surface area contributed by atoms with Crippen molar-refractivity contribution in [3.8, 4) is 33.4 Å². The van der Waals surface area contributed by atoms with Crippen LogP contribution in [0.25, 0.3) is 44.3 Å². The Morgan fingerprint density at radius 2 is 1.16 bits per heavy atom. The Kier molecular flexibility index (Phi) is 9.96. The molecule has 0 N–H and O–H groups in total. The highest BCUT2D eigenvalue weighted by Gasteiger charge is 2.50. The van der Waals surface area contributed by atoms with Gasteiger partial charge < -0.3 is 14.1 Å². The molecule has 8 aromatic rings. The molecule has 2 aliphatic heterocycles. The third-order valence-corrected chi connectivity index (χ3v) is 17.2. The molecule has 69 heavy (non-hydrogen) atoms. The second-order valence-electron chi connectivity index (χ2n) is 23.7. The van der Waals surface area contributed by atoms with Gasteiger partial charge in [-0.1, -0.05) is 160 Å². The number of aryl methyl sites for hydroxylation is 2. The molecule has 3 heterocycles. The molecule has 346 valence electrons. The Labute approximate surface area is 411 Å². The first-order chi connectivity index (χ1) is 33.0. The summed E-state index contributed by atoms with van der Waals surface area (Å²) in [5.74, 6) is 0. The number of rotatable bonds is 7. The Balaban J connectivity index is 1.21. The van der Waals surface area contributed by atoms with Gasteiger partial charge in [-0.05, 0) is 177 Å². The quantitative estimate of drug-likeness (QED) is 0.149. The third-order valence-electron chi connectivity index (χ3n) is 17.2. The molecule has 4 aliphatic rings. The maximum absolute atomic E-state index is 7.76. The average molecular weight is 903 g/mol. The SMILES string of the molecule is CCCCc1ccc(N2c3cc(C)cc4c3B(c3oc5cc6c(cc5c32)C(C)(C)CCC6(C)C)N(c2ccc3c(c2)C(C)(C)CCC3(C)C)c2cc(-c3ccccc3)ccc2-4)c(-c2ccccc2)c1. The highest BCUT2D eigenvalue weighted by atomic mass is 16.3. The van der Waals surface area contributed by atoms with Crippen molar-refractivity contribution in [2.45, 2.75) is 136 Å². The maximum atomic E-state index is 7.76. The molecule has 0 atom stereocenters. The second kappa shape index (κ2) is 15.6. The number of hydrogen-bond donors (Lipinski definition) is 0. The van der Waals surface area contributed by atoms with Gasteiger partial charge in [0.05, 0.1) is 11.4 Å². The summed E-state index contributed by atoms with van der Waals surface area (Å²) in [5.41, 5.74) is 25.3. The molecule has 3 nitrogen and oxygen atoms in total. The Hall–Kier alpha value is -6.26. The number of hydrogen-bond acceptors (Lipinski definition) is 3. The zero-order chi connectivity index (χ0) is 47.8. The smallest absolute Gasteiger partial charge is 0.375 e. The van der Waals surface area contributed by atoms with Crippen molar-refractivity contribution in [2.75, 3.05) is 9.71 Å². The van der Waals surface area contributed by atoms with Crippen LogP contribution < -0.4 is 20.8 Å². The van der Waals surface area contributed by atoms with Gasteiger partial charge in [0.1, 0.15) is 11.2 Å². The van der Waals surface area contributed by atoms with E-state index in [2.05, 4.69) is 218 Å². The molecule has 2 aliphatic carbocycles. The van der Waals surface area contributed by atoms with E-state index in [4.69, 9.17) is 4.42 Å². The lowest BCUT2D eigenvalue weighted by molar-refractivity contribution is 0.332. The summed E-state index contributed by atoms with van der Waals surface area (Å²) in [5, 5.41) is 1.19. The van der Waals surface area contributed by atoms with Gasteiger partial charge in [0, 0.05) is 33.6 Å². The van der Waals surface area contributed by atoms with Gasteiger partial charge in [0.25, 0.3) is 0 Å². The van der Waals surface area contributed by atoms with E-state index in [9.17, 15) is 0 Å². The minimum absolute atomic E-state index is 0.0217. The lowest BCUT2D eigenvalue weighted by Crippen LogP contribution is -2.61. The summed E-state index contributed by atoms with van der Waals surface area (Å²) in [4.78, 5) is 5.31. The Morgan fingerprint density at radius 3 is 1.84 bits per heavy atom. The van der Waals surface area contributed by atoms with E-state index in [1.165, 1.54) is 107 Å². The van der Waals surface area contributed by atoms with E-state index in [1.54, 1.807) is 0 Å². The minimum Gasteiger partial charge on any atom is -0.466 e. The monoisotopic (exact) mass is 903 g/mol. The molecule has 7 aromatic carbocycles. The molecule has 0 amide bonds. The van der Waals surface area contributed by atoms with Crippen LogP contribution in [0.1, 0.15) is 134 Å². The van der Waals surface area contributed by atoms with E-state index in [0.29, 0.717) is 0 Å². The van der Waals surface area contributed by atoms with Crippen LogP contribution in [0.15, 0.2) is 144 Å². The highest BCUT2D eigenvalue weighted by Crippen LogP contribution is 2.55. The minimum atomic E-state index is -0.243. The van der Waals surface area contributed by atoms with Crippen molar-refractivity contribution in [3.63, 3.8) is 0 Å². The van der Waals surface area contributed by atoms with Crippen molar-refractivity contribution in [2.24, 2.45) is 0 Å². The van der Waals surface area contributed by atoms with Gasteiger partial charge in [-0.3, -0.25) is 0 Å². The zero-order valence-corrected chi connectivity index (χ0v) is 42.6. The van der Waals surface area contributed by atoms with E-state index < -0.39 is 0 Å². The molecule has 1 aromatic heterocycles. The maximum Gasteiger partial charge on any atom is 0.375 e. The second-order valence-corrected chi connectivity index (χ2v) is 23.7. The predicted octanol–water partition coefficient (Wildman–Crippen LogP) is 16.8. The van der Waals surface area contributed by atoms with Crippen LogP contribution in [0, 0.1) is 6.92 Å². The summed E-state index contributed by atoms with van der Waals surface area (Å²) in [6, 6.07) is 53.9. The van der Waals surface area contributed by atoms with Crippen LogP contribution in [0.4, 0.5) is 28.4 Å². The summed E-state index contributed by atoms with van der Waals surface area (Å²) >= 11 is 0. The molecule has 0 saturated carbocycles. The molecule has 0 spiro atoms. The van der Waals surface area contributed by atoms with E-state index in [1.807, 2.05) is 0 Å². The number of fused-ring (bicyclic) bond motifs is 8. The molecule has 0 radical (unpaired) electrons. The first kappa shape index (κ1) is 44.0. The lowest BCUT2D eigenvalue weighted by atomic mass is 9.45. The van der Waals surface area contributed by atoms with Crippen LogP contribution in [-0.2, 0) is 28.1 Å². The molecular weight excluding hydrogens is 836 g/mol. The van der Waals surface area contributed by atoms with Crippen molar-refractivity contribution in [1.29, 1.82) is 0 Å². The van der Waals surface area contributed by atoms with Crippen LogP contribution in [0.5, 0.6) is 0 Å². The fourth-order valence-electron chi connectivity index (χ4n) is 12.9. The molecule has 4 heteroatoms. The van der Waals surface area contributed by atoms with Gasteiger partial charge >= 0.3 is 6.85 Å². The van der Waals surface area contributed by atoms with E-state index >= 15 is 0 Å². The normalized spacial score (nSPS) is 17.7. The highest BCUT2D eigenvalue weighted by molar-refractivity contribution is 6.93. The molecule has 0 unspecified atom stereocenters. The lowest BCUT2D eigenvalue weighted by Gasteiger charge is -2.46. The van der Waals surface area contributed by atoms with Gasteiger partial charge in [-0.15, -0.1) is 0 Å². The topological polar surface area (TPSA) is 19.6 Å². The van der Waals surface area contributed by atoms with E-state index in [-0.39, 0.29) is 28.5 Å². The van der Waals surface area contributed by atoms with Crippen LogP contribution in [0.3, 0.4) is 0 Å². The number of unbranched alkanes of at least 4 members (excludes halogenated alkanes) is 1. The summed E-state index contributed by atoms with van der Waals surface area (Å²) in [6.07, 6.45) is 8.01. The number of furan rings is 1. The molecule has 12 rings (SSSR count). The van der Waals surface area contributed by atoms with Crippen molar-refractivity contribution in [3.05, 3.63) is 173 Å². The molecule has 0 bridgehead atoms. The Morgan fingerprint density at radius 1 is 0.522 bits per heavy atom. The van der Waals surface area contributed by atoms with Gasteiger partial charge in [0.2, 0.25) is 0 Å². The summed E-state index contributed by atoms with van der Waals surface area (Å²) < 4.78 is 7.76. The average Bonchev–Trinajstić information content (AvgIpc) is 3.72. The van der Waals surface area contributed by atoms with Crippen molar-refractivity contribution >= 4 is 57.4 Å². The first-order valence-electron chi connectivity index (χ1n) is 25.9. The third kappa shape index (κ3) is 6.90. The largest absolute Gasteiger partial charge is 0.466 e. The first-order valence-corrected chi connectivity index (χ1v) is 25.9.